The molecule has 0 aliphatic carbocycles. The lowest BCUT2D eigenvalue weighted by atomic mass is 10.1. The van der Waals surface area contributed by atoms with E-state index in [0.717, 1.165) is 9.13 Å². The highest BCUT2D eigenvalue weighted by Gasteiger charge is 2.15. The SMILES string of the molecule is Cn1c(N=[N+]=[N-])c(-c2ccccc2)c(=O)n(C)c1=O. The summed E-state index contributed by atoms with van der Waals surface area (Å²) < 4.78 is 2.14. The van der Waals surface area contributed by atoms with Gasteiger partial charge >= 0.3 is 5.69 Å². The number of nitrogens with zero attached hydrogens (tertiary/aromatic N) is 5. The second kappa shape index (κ2) is 4.83. The Bertz CT molecular complexity index is 782. The molecular weight excluding hydrogens is 246 g/mol. The van der Waals surface area contributed by atoms with Gasteiger partial charge in [0.2, 0.25) is 0 Å². The maximum atomic E-state index is 12.2. The number of hydrogen-bond acceptors (Lipinski definition) is 3. The summed E-state index contributed by atoms with van der Waals surface area (Å²) in [6.45, 7) is 0. The third-order valence-electron chi connectivity index (χ3n) is 2.84. The Balaban J connectivity index is 2.99. The normalized spacial score (nSPS) is 10.0. The molecule has 0 unspecified atom stereocenters. The van der Waals surface area contributed by atoms with E-state index in [2.05, 4.69) is 10.0 Å². The van der Waals surface area contributed by atoms with Crippen LogP contribution in [-0.4, -0.2) is 9.13 Å². The fourth-order valence-electron chi connectivity index (χ4n) is 1.85. The van der Waals surface area contributed by atoms with Crippen molar-refractivity contribution >= 4 is 5.82 Å². The first-order valence-corrected chi connectivity index (χ1v) is 5.48. The highest BCUT2D eigenvalue weighted by atomic mass is 16.2. The third kappa shape index (κ3) is 2.02. The minimum atomic E-state index is -0.535. The van der Waals surface area contributed by atoms with Crippen LogP contribution < -0.4 is 11.2 Å². The van der Waals surface area contributed by atoms with Crippen LogP contribution in [0.3, 0.4) is 0 Å². The minimum absolute atomic E-state index is 0.0156. The number of azide groups is 1. The number of aromatic nitrogens is 2. The molecule has 0 saturated carbocycles. The smallest absolute Gasteiger partial charge is 0.294 e. The zero-order valence-electron chi connectivity index (χ0n) is 10.4. The molecule has 0 bridgehead atoms. The Labute approximate surface area is 108 Å². The Hall–Kier alpha value is -2.79. The predicted octanol–water partition coefficient (Wildman–Crippen LogP) is 1.69. The van der Waals surface area contributed by atoms with Gasteiger partial charge in [0, 0.05) is 19.0 Å². The van der Waals surface area contributed by atoms with Gasteiger partial charge in [0.15, 0.2) is 0 Å². The van der Waals surface area contributed by atoms with Gasteiger partial charge in [0.25, 0.3) is 5.56 Å². The molecule has 7 nitrogen and oxygen atoms in total. The van der Waals surface area contributed by atoms with Crippen LogP contribution in [0.15, 0.2) is 45.0 Å². The Morgan fingerprint density at radius 1 is 1.11 bits per heavy atom. The topological polar surface area (TPSA) is 92.8 Å². The number of hydrogen-bond donors (Lipinski definition) is 0. The van der Waals surface area contributed by atoms with Crippen molar-refractivity contribution in [2.24, 2.45) is 19.2 Å². The van der Waals surface area contributed by atoms with Crippen molar-refractivity contribution in [3.8, 4) is 11.1 Å². The average Bonchev–Trinajstić information content (AvgIpc) is 2.44. The van der Waals surface area contributed by atoms with Crippen LogP contribution in [0.2, 0.25) is 0 Å². The Morgan fingerprint density at radius 3 is 2.32 bits per heavy atom. The van der Waals surface area contributed by atoms with Crippen molar-refractivity contribution in [1.29, 1.82) is 0 Å². The van der Waals surface area contributed by atoms with Gasteiger partial charge in [-0.1, -0.05) is 30.3 Å². The van der Waals surface area contributed by atoms with Crippen LogP contribution in [0.4, 0.5) is 5.82 Å². The lowest BCUT2D eigenvalue weighted by Gasteiger charge is -2.11. The van der Waals surface area contributed by atoms with Crippen LogP contribution in [0.1, 0.15) is 0 Å². The number of benzene rings is 1. The van der Waals surface area contributed by atoms with Gasteiger partial charge in [-0.25, -0.2) is 4.79 Å². The van der Waals surface area contributed by atoms with E-state index in [4.69, 9.17) is 5.53 Å². The van der Waals surface area contributed by atoms with Gasteiger partial charge in [0.1, 0.15) is 5.82 Å². The van der Waals surface area contributed by atoms with Crippen LogP contribution in [0, 0.1) is 0 Å². The Kier molecular flexibility index (Phi) is 3.22. The molecule has 0 amide bonds. The molecular formula is C12H11N5O2. The van der Waals surface area contributed by atoms with E-state index >= 15 is 0 Å². The molecule has 2 rings (SSSR count). The maximum Gasteiger partial charge on any atom is 0.330 e. The molecule has 19 heavy (non-hydrogen) atoms. The monoisotopic (exact) mass is 257 g/mol. The van der Waals surface area contributed by atoms with Crippen molar-refractivity contribution in [3.05, 3.63) is 61.6 Å². The fraction of sp³-hybridized carbons (Fsp3) is 0.167. The highest BCUT2D eigenvalue weighted by molar-refractivity contribution is 5.72. The summed E-state index contributed by atoms with van der Waals surface area (Å²) in [4.78, 5) is 26.7. The highest BCUT2D eigenvalue weighted by Crippen LogP contribution is 2.24. The molecule has 0 aliphatic heterocycles. The van der Waals surface area contributed by atoms with E-state index in [1.54, 1.807) is 24.3 Å². The van der Waals surface area contributed by atoms with Gasteiger partial charge < -0.3 is 0 Å². The molecule has 0 atom stereocenters. The molecule has 0 aliphatic rings. The van der Waals surface area contributed by atoms with Gasteiger partial charge in [-0.2, -0.15) is 0 Å². The summed E-state index contributed by atoms with van der Waals surface area (Å²) in [6, 6.07) is 8.78. The molecule has 1 aromatic heterocycles. The Morgan fingerprint density at radius 2 is 1.74 bits per heavy atom. The minimum Gasteiger partial charge on any atom is -0.294 e. The van der Waals surface area contributed by atoms with E-state index in [0.29, 0.717) is 5.56 Å². The van der Waals surface area contributed by atoms with Crippen molar-refractivity contribution in [1.82, 2.24) is 9.13 Å². The van der Waals surface area contributed by atoms with E-state index in [9.17, 15) is 9.59 Å². The molecule has 1 heterocycles. The van der Waals surface area contributed by atoms with Gasteiger partial charge in [-0.15, -0.1) is 0 Å². The molecule has 0 radical (unpaired) electrons. The van der Waals surface area contributed by atoms with Crippen molar-refractivity contribution in [2.45, 2.75) is 0 Å². The van der Waals surface area contributed by atoms with Gasteiger partial charge in [0.05, 0.1) is 5.56 Å². The van der Waals surface area contributed by atoms with Crippen molar-refractivity contribution in [3.63, 3.8) is 0 Å². The fourth-order valence-corrected chi connectivity index (χ4v) is 1.85. The standard InChI is InChI=1S/C12H11N5O2/c1-16-10(14-15-13)9(8-6-4-3-5-7-8)11(18)17(2)12(16)19/h3-7H,1-2H3. The van der Waals surface area contributed by atoms with Crippen LogP contribution in [0.25, 0.3) is 21.6 Å². The second-order valence-electron chi connectivity index (χ2n) is 3.96. The maximum absolute atomic E-state index is 12.2. The zero-order valence-corrected chi connectivity index (χ0v) is 10.4. The van der Waals surface area contributed by atoms with E-state index < -0.39 is 11.2 Å². The molecule has 96 valence electrons. The summed E-state index contributed by atoms with van der Waals surface area (Å²) in [5.41, 5.74) is 8.39. The molecule has 7 heteroatoms. The molecule has 0 saturated heterocycles. The molecule has 0 spiro atoms. The van der Waals surface area contributed by atoms with E-state index in [1.807, 2.05) is 6.07 Å². The summed E-state index contributed by atoms with van der Waals surface area (Å²) in [6.07, 6.45) is 0. The summed E-state index contributed by atoms with van der Waals surface area (Å²) >= 11 is 0. The first-order valence-electron chi connectivity index (χ1n) is 5.48. The quantitative estimate of drug-likeness (QED) is 0.465. The van der Waals surface area contributed by atoms with E-state index in [1.165, 1.54) is 14.1 Å². The third-order valence-corrected chi connectivity index (χ3v) is 2.84. The first kappa shape index (κ1) is 12.7. The molecule has 1 aromatic carbocycles. The molecule has 2 aromatic rings. The largest absolute Gasteiger partial charge is 0.330 e. The predicted molar refractivity (Wildman–Crippen MR) is 71.2 cm³/mol. The lowest BCUT2D eigenvalue weighted by Crippen LogP contribution is -2.37. The zero-order chi connectivity index (χ0) is 14.0. The van der Waals surface area contributed by atoms with Crippen molar-refractivity contribution in [2.75, 3.05) is 0 Å². The molecule has 0 fully saturated rings. The lowest BCUT2D eigenvalue weighted by molar-refractivity contribution is 0.691. The van der Waals surface area contributed by atoms with E-state index in [-0.39, 0.29) is 11.4 Å². The van der Waals surface area contributed by atoms with Gasteiger partial charge in [-0.3, -0.25) is 13.9 Å². The van der Waals surface area contributed by atoms with Gasteiger partial charge in [-0.05, 0) is 16.2 Å². The van der Waals surface area contributed by atoms with Crippen molar-refractivity contribution < 1.29 is 0 Å². The molecule has 0 N–H and O–H groups in total. The number of rotatable bonds is 2. The van der Waals surface area contributed by atoms with Crippen LogP contribution in [-0.2, 0) is 14.1 Å². The second-order valence-corrected chi connectivity index (χ2v) is 3.96. The summed E-state index contributed by atoms with van der Waals surface area (Å²) in [5.74, 6) is 0.0156. The average molecular weight is 257 g/mol. The summed E-state index contributed by atoms with van der Waals surface area (Å²) in [5, 5.41) is 3.48. The van der Waals surface area contributed by atoms with Crippen LogP contribution in [0.5, 0.6) is 0 Å². The summed E-state index contributed by atoms with van der Waals surface area (Å²) in [7, 11) is 2.84. The van der Waals surface area contributed by atoms with Crippen LogP contribution >= 0.6 is 0 Å². The first-order chi connectivity index (χ1) is 9.07.